The first-order chi connectivity index (χ1) is 14.1. The van der Waals surface area contributed by atoms with Crippen molar-refractivity contribution < 1.29 is 26.9 Å². The number of nitrogens with two attached hydrogens (primary N) is 1. The molecule has 10 heteroatoms. The number of benzene rings is 2. The molecular formula is C20H21N3O6S. The average molecular weight is 431 g/mol. The van der Waals surface area contributed by atoms with Crippen molar-refractivity contribution in [1.29, 1.82) is 0 Å². The summed E-state index contributed by atoms with van der Waals surface area (Å²) in [5.41, 5.74) is 8.25. The first kappa shape index (κ1) is 21.5. The Balaban J connectivity index is 1.83. The number of hydrogen-bond donors (Lipinski definition) is 1. The van der Waals surface area contributed by atoms with Crippen LogP contribution in [-0.2, 0) is 19.0 Å². The lowest BCUT2D eigenvalue weighted by Crippen LogP contribution is -2.32. The average Bonchev–Trinajstić information content (AvgIpc) is 3.11. The third kappa shape index (κ3) is 5.22. The lowest BCUT2D eigenvalue weighted by Gasteiger charge is -2.24. The molecule has 1 aliphatic rings. The van der Waals surface area contributed by atoms with E-state index in [-0.39, 0.29) is 19.0 Å². The van der Waals surface area contributed by atoms with Crippen molar-refractivity contribution >= 4 is 28.0 Å². The van der Waals surface area contributed by atoms with Crippen molar-refractivity contribution in [2.75, 3.05) is 19.4 Å². The Morgan fingerprint density at radius 2 is 1.73 bits per heavy atom. The third-order valence-corrected chi connectivity index (χ3v) is 4.89. The van der Waals surface area contributed by atoms with Crippen LogP contribution < -0.4 is 5.73 Å². The number of cyclic esters (lactones) is 1. The Labute approximate surface area is 174 Å². The van der Waals surface area contributed by atoms with Crippen LogP contribution in [0.5, 0.6) is 0 Å². The molecule has 9 nitrogen and oxygen atoms in total. The summed E-state index contributed by atoms with van der Waals surface area (Å²) >= 11 is 0. The number of nitrogens with zero attached hydrogens (tertiary/aromatic N) is 2. The van der Waals surface area contributed by atoms with Crippen LogP contribution >= 0.6 is 0 Å². The van der Waals surface area contributed by atoms with Crippen LogP contribution in [0.25, 0.3) is 0 Å². The second-order valence-corrected chi connectivity index (χ2v) is 8.35. The highest BCUT2D eigenvalue weighted by Gasteiger charge is 2.34. The maximum Gasteiger partial charge on any atom is 0.412 e. The van der Waals surface area contributed by atoms with E-state index in [1.54, 1.807) is 48.5 Å². The number of carbonyl (C=O) groups excluding carboxylic acids is 2. The van der Waals surface area contributed by atoms with Crippen LogP contribution in [0.2, 0.25) is 0 Å². The van der Waals surface area contributed by atoms with Gasteiger partial charge in [-0.2, -0.15) is 13.4 Å². The number of carbonyl (C=O) groups is 2. The first-order valence-electron chi connectivity index (χ1n) is 9.01. The number of rotatable bonds is 6. The van der Waals surface area contributed by atoms with E-state index in [2.05, 4.69) is 4.99 Å². The van der Waals surface area contributed by atoms with Crippen molar-refractivity contribution in [3.05, 3.63) is 70.8 Å². The van der Waals surface area contributed by atoms with E-state index in [0.717, 1.165) is 11.8 Å². The van der Waals surface area contributed by atoms with E-state index in [4.69, 9.17) is 14.7 Å². The molecule has 0 saturated carbocycles. The molecule has 1 fully saturated rings. The predicted octanol–water partition coefficient (Wildman–Crippen LogP) is 1.97. The third-order valence-electron chi connectivity index (χ3n) is 4.35. The number of ether oxygens (including phenoxy) is 1. The largest absolute Gasteiger partial charge is 0.447 e. The molecule has 0 spiro atoms. The molecule has 1 unspecified atom stereocenters. The van der Waals surface area contributed by atoms with Gasteiger partial charge in [0.1, 0.15) is 12.4 Å². The minimum atomic E-state index is -3.85. The highest BCUT2D eigenvalue weighted by atomic mass is 32.2. The summed E-state index contributed by atoms with van der Waals surface area (Å²) in [6, 6.07) is 13.2. The van der Waals surface area contributed by atoms with Crippen LogP contribution in [0.3, 0.4) is 0 Å². The van der Waals surface area contributed by atoms with E-state index in [1.165, 1.54) is 4.90 Å². The molecule has 2 aromatic rings. The van der Waals surface area contributed by atoms with E-state index in [1.807, 2.05) is 6.92 Å². The zero-order valence-electron chi connectivity index (χ0n) is 16.4. The minimum absolute atomic E-state index is 0.00767. The van der Waals surface area contributed by atoms with Crippen LogP contribution in [0.4, 0.5) is 4.79 Å². The molecular weight excluding hydrogens is 410 g/mol. The van der Waals surface area contributed by atoms with Crippen LogP contribution in [0.15, 0.2) is 53.5 Å². The van der Waals surface area contributed by atoms with Gasteiger partial charge in [-0.05, 0) is 19.1 Å². The van der Waals surface area contributed by atoms with Crippen LogP contribution in [0, 0.1) is 6.92 Å². The predicted molar refractivity (Wildman–Crippen MR) is 109 cm³/mol. The Hall–Kier alpha value is -3.24. The number of aryl methyl sites for hydroxylation is 1. The monoisotopic (exact) mass is 431 g/mol. The molecule has 30 heavy (non-hydrogen) atoms. The molecule has 3 rings (SSSR count). The maximum atomic E-state index is 12.3. The van der Waals surface area contributed by atoms with E-state index < -0.39 is 28.3 Å². The summed E-state index contributed by atoms with van der Waals surface area (Å²) in [7, 11) is -3.85. The van der Waals surface area contributed by atoms with Gasteiger partial charge in [0.25, 0.3) is 16.0 Å². The topological polar surface area (TPSA) is 128 Å². The molecule has 0 radical (unpaired) electrons. The normalized spacial score (nSPS) is 15.7. The van der Waals surface area contributed by atoms with E-state index in [0.29, 0.717) is 16.7 Å². The minimum Gasteiger partial charge on any atom is -0.447 e. The van der Waals surface area contributed by atoms with E-state index in [9.17, 15) is 18.0 Å². The summed E-state index contributed by atoms with van der Waals surface area (Å²) in [5.74, 6) is -0.469. The molecule has 2 N–H and O–H groups in total. The zero-order valence-corrected chi connectivity index (χ0v) is 17.3. The molecule has 0 bridgehead atoms. The molecule has 2 amide bonds. The van der Waals surface area contributed by atoms with Gasteiger partial charge < -0.3 is 10.5 Å². The number of hydrogen-bond acceptors (Lipinski definition) is 6. The van der Waals surface area contributed by atoms with E-state index >= 15 is 0 Å². The Kier molecular flexibility index (Phi) is 6.18. The molecule has 0 aromatic heterocycles. The van der Waals surface area contributed by atoms with Gasteiger partial charge in [0.2, 0.25) is 0 Å². The lowest BCUT2D eigenvalue weighted by atomic mass is 10.1. The molecule has 1 atom stereocenters. The number of aliphatic imine (C=N–C) groups is 1. The fourth-order valence-electron chi connectivity index (χ4n) is 2.82. The van der Waals surface area contributed by atoms with Gasteiger partial charge in [0, 0.05) is 16.7 Å². The van der Waals surface area contributed by atoms with Gasteiger partial charge in [0.05, 0.1) is 12.8 Å². The quantitative estimate of drug-likeness (QED) is 0.421. The zero-order chi connectivity index (χ0) is 21.9. The highest BCUT2D eigenvalue weighted by Crippen LogP contribution is 2.27. The van der Waals surface area contributed by atoms with Gasteiger partial charge in [-0.3, -0.25) is 9.69 Å². The second kappa shape index (κ2) is 8.64. The Bertz CT molecular complexity index is 1080. The molecule has 0 aliphatic carbocycles. The molecule has 2 aromatic carbocycles. The highest BCUT2D eigenvalue weighted by molar-refractivity contribution is 7.86. The molecule has 158 valence electrons. The Morgan fingerprint density at radius 1 is 1.13 bits per heavy atom. The van der Waals surface area contributed by atoms with Crippen molar-refractivity contribution in [2.24, 2.45) is 10.7 Å². The van der Waals surface area contributed by atoms with Gasteiger partial charge in [-0.1, -0.05) is 42.0 Å². The van der Waals surface area contributed by atoms with Gasteiger partial charge in [0.15, 0.2) is 6.23 Å². The molecule has 1 heterocycles. The molecule has 1 saturated heterocycles. The summed E-state index contributed by atoms with van der Waals surface area (Å²) in [5, 5.41) is 0. The van der Waals surface area contributed by atoms with Gasteiger partial charge in [-0.25, -0.2) is 8.98 Å². The fraction of sp³-hybridized carbons (Fsp3) is 0.250. The summed E-state index contributed by atoms with van der Waals surface area (Å²) in [4.78, 5) is 29.2. The smallest absolute Gasteiger partial charge is 0.412 e. The van der Waals surface area contributed by atoms with Crippen molar-refractivity contribution in [3.8, 4) is 0 Å². The summed E-state index contributed by atoms with van der Waals surface area (Å²) in [6.45, 7) is 2.24. The van der Waals surface area contributed by atoms with Crippen LogP contribution in [-0.4, -0.2) is 50.6 Å². The number of amides is 2. The standard InChI is InChI=1S/C20H21N3O6S/c1-13-3-5-15(6-4-13)18(24)22-17(21)14-7-9-16(10-8-14)19(29-30(2,26)27)23-11-12-28-20(23)25/h3-10,19H,11-12H2,1-2H3,(H2,21,22,24). The first-order valence-corrected chi connectivity index (χ1v) is 10.8. The number of amidine groups is 1. The van der Waals surface area contributed by atoms with Gasteiger partial charge in [-0.15, -0.1) is 0 Å². The lowest BCUT2D eigenvalue weighted by molar-refractivity contribution is 0.0627. The van der Waals surface area contributed by atoms with Crippen molar-refractivity contribution in [1.82, 2.24) is 4.90 Å². The van der Waals surface area contributed by atoms with Crippen molar-refractivity contribution in [2.45, 2.75) is 13.2 Å². The fourth-order valence-corrected chi connectivity index (χ4v) is 3.37. The van der Waals surface area contributed by atoms with Crippen LogP contribution in [0.1, 0.15) is 33.3 Å². The SMILES string of the molecule is Cc1ccc(C(=O)N=C(N)c2ccc(C(OS(C)(=O)=O)N3CCOC3=O)cc2)cc1. The maximum absolute atomic E-state index is 12.3. The Morgan fingerprint density at radius 3 is 2.27 bits per heavy atom. The molecule has 1 aliphatic heterocycles. The van der Waals surface area contributed by atoms with Crippen molar-refractivity contribution in [3.63, 3.8) is 0 Å². The summed E-state index contributed by atoms with van der Waals surface area (Å²) < 4.78 is 33.3. The second-order valence-electron chi connectivity index (χ2n) is 6.75. The van der Waals surface area contributed by atoms with Gasteiger partial charge >= 0.3 is 6.09 Å². The summed E-state index contributed by atoms with van der Waals surface area (Å²) in [6.07, 6.45) is -0.939.